The Morgan fingerprint density at radius 3 is 1.92 bits per heavy atom. The Kier molecular flexibility index (Phi) is 5.11. The van der Waals surface area contributed by atoms with E-state index in [1.165, 1.54) is 0 Å². The Balaban J connectivity index is 4.68. The lowest BCUT2D eigenvalue weighted by molar-refractivity contribution is 0.0949. The van der Waals surface area contributed by atoms with Crippen LogP contribution in [0.2, 0.25) is 0 Å². The normalized spacial score (nSPS) is 13.0. The Morgan fingerprint density at radius 1 is 1.23 bits per heavy atom. The third kappa shape index (κ3) is 2.72. The maximum Gasteiger partial charge on any atom is 0.159 e. The third-order valence-corrected chi connectivity index (χ3v) is 2.26. The van der Waals surface area contributed by atoms with Crippen LogP contribution in [0.1, 0.15) is 39.5 Å². The van der Waals surface area contributed by atoms with E-state index in [4.69, 9.17) is 10.5 Å². The number of hydrogen-bond acceptors (Lipinski definition) is 3. The van der Waals surface area contributed by atoms with Crippen molar-refractivity contribution in [3.63, 3.8) is 0 Å². The van der Waals surface area contributed by atoms with Gasteiger partial charge in [-0.15, -0.1) is 0 Å². The molecule has 0 aliphatic heterocycles. The molecule has 1 unspecified atom stereocenters. The van der Waals surface area contributed by atoms with Crippen molar-refractivity contribution in [3.05, 3.63) is 0 Å². The average molecular weight is 180 g/mol. The number of aliphatic hydroxyl groups excluding tert-OH is 1. The molecule has 0 heterocycles. The minimum absolute atomic E-state index is 0.589. The Morgan fingerprint density at radius 2 is 1.69 bits per heavy atom. The fourth-order valence-corrected chi connectivity index (χ4v) is 1.59. The number of nitrogens with zero attached hydrogens (tertiary/aromatic N) is 2. The summed E-state index contributed by atoms with van der Waals surface area (Å²) in [5.74, 6) is 0. The van der Waals surface area contributed by atoms with E-state index in [0.717, 1.165) is 12.8 Å². The van der Waals surface area contributed by atoms with Crippen LogP contribution in [0.3, 0.4) is 0 Å². The first-order valence-electron chi connectivity index (χ1n) is 4.65. The van der Waals surface area contributed by atoms with Gasteiger partial charge < -0.3 is 5.11 Å². The summed E-state index contributed by atoms with van der Waals surface area (Å²) >= 11 is 0. The van der Waals surface area contributed by atoms with Crippen molar-refractivity contribution in [2.24, 2.45) is 5.41 Å². The van der Waals surface area contributed by atoms with Crippen LogP contribution in [0.25, 0.3) is 0 Å². The topological polar surface area (TPSA) is 67.8 Å². The zero-order valence-electron chi connectivity index (χ0n) is 8.25. The molecule has 0 saturated carbocycles. The molecule has 0 aromatic rings. The minimum atomic E-state index is -1.16. The second kappa shape index (κ2) is 5.56. The molecule has 0 fully saturated rings. The molecule has 1 N–H and O–H groups in total. The molecule has 72 valence electrons. The molecule has 3 nitrogen and oxygen atoms in total. The third-order valence-electron chi connectivity index (χ3n) is 2.26. The summed E-state index contributed by atoms with van der Waals surface area (Å²) in [5.41, 5.74) is -0.849. The maximum atomic E-state index is 9.45. The molecule has 0 aliphatic carbocycles. The highest BCUT2D eigenvalue weighted by Gasteiger charge is 2.36. The molecule has 1 atom stereocenters. The van der Waals surface area contributed by atoms with Crippen LogP contribution in [-0.4, -0.2) is 11.2 Å². The fourth-order valence-electron chi connectivity index (χ4n) is 1.59. The first kappa shape index (κ1) is 11.9. The molecule has 0 aromatic heterocycles. The highest BCUT2D eigenvalue weighted by molar-refractivity contribution is 5.10. The lowest BCUT2D eigenvalue weighted by atomic mass is 9.76. The van der Waals surface area contributed by atoms with Gasteiger partial charge in [-0.1, -0.05) is 26.7 Å². The van der Waals surface area contributed by atoms with E-state index in [0.29, 0.717) is 12.8 Å². The molecule has 0 amide bonds. The summed E-state index contributed by atoms with van der Waals surface area (Å²) < 4.78 is 0. The van der Waals surface area contributed by atoms with Crippen molar-refractivity contribution >= 4 is 0 Å². The molecule has 0 aliphatic rings. The highest BCUT2D eigenvalue weighted by Crippen LogP contribution is 2.32. The molecule has 3 heteroatoms. The highest BCUT2D eigenvalue weighted by atomic mass is 16.3. The lowest BCUT2D eigenvalue weighted by Crippen LogP contribution is -2.32. The molecule has 0 saturated heterocycles. The van der Waals surface area contributed by atoms with Gasteiger partial charge in [0.25, 0.3) is 0 Å². The smallest absolute Gasteiger partial charge is 0.159 e. The van der Waals surface area contributed by atoms with Crippen molar-refractivity contribution in [1.29, 1.82) is 10.5 Å². The molecule has 0 rings (SSSR count). The number of rotatable bonds is 5. The van der Waals surface area contributed by atoms with Crippen molar-refractivity contribution in [2.75, 3.05) is 0 Å². The first-order chi connectivity index (χ1) is 6.16. The van der Waals surface area contributed by atoms with Crippen LogP contribution in [-0.2, 0) is 0 Å². The maximum absolute atomic E-state index is 9.45. The van der Waals surface area contributed by atoms with Crippen molar-refractivity contribution in [1.82, 2.24) is 0 Å². The summed E-state index contributed by atoms with van der Waals surface area (Å²) in [6.07, 6.45) is 1.65. The molecule has 0 bridgehead atoms. The predicted molar refractivity (Wildman–Crippen MR) is 49.5 cm³/mol. The van der Waals surface area contributed by atoms with E-state index in [-0.39, 0.29) is 0 Å². The summed E-state index contributed by atoms with van der Waals surface area (Å²) in [7, 11) is 0. The van der Waals surface area contributed by atoms with Crippen molar-refractivity contribution < 1.29 is 5.11 Å². The quantitative estimate of drug-likeness (QED) is 0.658. The van der Waals surface area contributed by atoms with Crippen LogP contribution >= 0.6 is 0 Å². The van der Waals surface area contributed by atoms with Gasteiger partial charge in [-0.2, -0.15) is 10.5 Å². The summed E-state index contributed by atoms with van der Waals surface area (Å²) in [5, 5.41) is 27.0. The van der Waals surface area contributed by atoms with E-state index in [1.54, 1.807) is 6.07 Å². The van der Waals surface area contributed by atoms with E-state index < -0.39 is 11.5 Å². The largest absolute Gasteiger partial charge is 0.376 e. The first-order valence-corrected chi connectivity index (χ1v) is 4.65. The van der Waals surface area contributed by atoms with Gasteiger partial charge in [0.15, 0.2) is 6.10 Å². The van der Waals surface area contributed by atoms with Gasteiger partial charge in [-0.3, -0.25) is 0 Å². The summed E-state index contributed by atoms with van der Waals surface area (Å²) in [6.45, 7) is 3.90. The number of aliphatic hydroxyl groups is 1. The standard InChI is InChI=1S/C10H16N2O/c1-3-5-10(8-12,6-4-2)9(13)7-11/h9,13H,3-6H2,1-2H3. The van der Waals surface area contributed by atoms with Crippen LogP contribution in [0.15, 0.2) is 0 Å². The predicted octanol–water partition coefficient (Wildman–Crippen LogP) is 1.98. The van der Waals surface area contributed by atoms with E-state index >= 15 is 0 Å². The molecule has 13 heavy (non-hydrogen) atoms. The SMILES string of the molecule is CCCC(C#N)(CCC)C(O)C#N. The second-order valence-electron chi connectivity index (χ2n) is 3.30. The van der Waals surface area contributed by atoms with Gasteiger partial charge in [-0.05, 0) is 12.8 Å². The summed E-state index contributed by atoms with van der Waals surface area (Å²) in [6, 6.07) is 3.86. The van der Waals surface area contributed by atoms with Gasteiger partial charge >= 0.3 is 0 Å². The molecular formula is C10H16N2O. The Hall–Kier alpha value is -1.06. The van der Waals surface area contributed by atoms with Gasteiger partial charge in [0.2, 0.25) is 0 Å². The summed E-state index contributed by atoms with van der Waals surface area (Å²) in [4.78, 5) is 0. The van der Waals surface area contributed by atoms with Gasteiger partial charge in [-0.25, -0.2) is 0 Å². The van der Waals surface area contributed by atoms with Crippen LogP contribution < -0.4 is 0 Å². The molecule has 0 radical (unpaired) electrons. The Bertz CT molecular complexity index is 218. The van der Waals surface area contributed by atoms with Crippen molar-refractivity contribution in [3.8, 4) is 12.1 Å². The molecular weight excluding hydrogens is 164 g/mol. The van der Waals surface area contributed by atoms with Crippen LogP contribution in [0.4, 0.5) is 0 Å². The zero-order chi connectivity index (χ0) is 10.3. The molecule has 0 spiro atoms. The second-order valence-corrected chi connectivity index (χ2v) is 3.30. The van der Waals surface area contributed by atoms with Crippen LogP contribution in [0.5, 0.6) is 0 Å². The number of nitriles is 2. The van der Waals surface area contributed by atoms with Gasteiger partial charge in [0.05, 0.1) is 17.6 Å². The zero-order valence-corrected chi connectivity index (χ0v) is 8.25. The average Bonchev–Trinajstić information content (AvgIpc) is 2.16. The minimum Gasteiger partial charge on any atom is -0.376 e. The van der Waals surface area contributed by atoms with E-state index in [2.05, 4.69) is 6.07 Å². The van der Waals surface area contributed by atoms with E-state index in [1.807, 2.05) is 13.8 Å². The Labute approximate surface area is 79.6 Å². The van der Waals surface area contributed by atoms with Crippen LogP contribution in [0, 0.1) is 28.1 Å². The van der Waals surface area contributed by atoms with Crippen molar-refractivity contribution in [2.45, 2.75) is 45.6 Å². The van der Waals surface area contributed by atoms with Gasteiger partial charge in [0, 0.05) is 0 Å². The molecule has 0 aromatic carbocycles. The van der Waals surface area contributed by atoms with Gasteiger partial charge in [0.1, 0.15) is 0 Å². The van der Waals surface area contributed by atoms with E-state index in [9.17, 15) is 5.11 Å². The lowest BCUT2D eigenvalue weighted by Gasteiger charge is -2.26. The fraction of sp³-hybridized carbons (Fsp3) is 0.800. The monoisotopic (exact) mass is 180 g/mol. The number of hydrogen-bond donors (Lipinski definition) is 1.